The maximum Gasteiger partial charge on any atom is 0.244 e. The van der Waals surface area contributed by atoms with E-state index in [2.05, 4.69) is 9.62 Å². The molecule has 2 heterocycles. The van der Waals surface area contributed by atoms with Crippen LogP contribution in [0.5, 0.6) is 0 Å². The molecule has 2 rings (SSSR count). The van der Waals surface area contributed by atoms with E-state index < -0.39 is 10.0 Å². The summed E-state index contributed by atoms with van der Waals surface area (Å²) in [5.74, 6) is 1.11. The number of hydrogen-bond donors (Lipinski definition) is 2. The van der Waals surface area contributed by atoms with Crippen LogP contribution in [0.15, 0.2) is 9.31 Å². The third kappa shape index (κ3) is 3.06. The minimum Gasteiger partial charge on any atom is -0.465 e. The minimum absolute atomic E-state index is 0.0869. The zero-order chi connectivity index (χ0) is 14.9. The molecule has 0 saturated carbocycles. The normalized spacial score (nSPS) is 20.7. The number of nitrogens with one attached hydrogen (secondary N) is 1. The molecule has 1 unspecified atom stereocenters. The molecule has 20 heavy (non-hydrogen) atoms. The number of hydrogen-bond acceptors (Lipinski definition) is 5. The van der Waals surface area contributed by atoms with E-state index in [0.717, 1.165) is 19.5 Å². The summed E-state index contributed by atoms with van der Waals surface area (Å²) in [5.41, 5.74) is 0.346. The van der Waals surface area contributed by atoms with Crippen molar-refractivity contribution >= 4 is 10.0 Å². The fraction of sp³-hybridized carbons (Fsp3) is 0.692. The van der Waals surface area contributed by atoms with Crippen LogP contribution in [0.3, 0.4) is 0 Å². The van der Waals surface area contributed by atoms with Gasteiger partial charge in [-0.2, -0.15) is 0 Å². The molecule has 1 aliphatic heterocycles. The summed E-state index contributed by atoms with van der Waals surface area (Å²) in [4.78, 5) is 2.27. The SMILES string of the molecule is Cc1oc(C)c(S(=O)(=O)NCC2CCN(C)C2)c1CO. The van der Waals surface area contributed by atoms with E-state index in [4.69, 9.17) is 4.42 Å². The predicted octanol–water partition coefficient (Wildman–Crippen LogP) is 0.619. The predicted molar refractivity (Wildman–Crippen MR) is 74.9 cm³/mol. The molecule has 1 atom stereocenters. The molecule has 1 aliphatic rings. The van der Waals surface area contributed by atoms with E-state index in [1.165, 1.54) is 0 Å². The van der Waals surface area contributed by atoms with Gasteiger partial charge < -0.3 is 14.4 Å². The molecule has 2 N–H and O–H groups in total. The highest BCUT2D eigenvalue weighted by Crippen LogP contribution is 2.26. The number of aryl methyl sites for hydroxylation is 2. The summed E-state index contributed by atoms with van der Waals surface area (Å²) in [6, 6.07) is 0. The highest BCUT2D eigenvalue weighted by molar-refractivity contribution is 7.89. The Hall–Kier alpha value is -0.890. The third-order valence-electron chi connectivity index (χ3n) is 3.80. The van der Waals surface area contributed by atoms with Gasteiger partial charge in [-0.3, -0.25) is 0 Å². The largest absolute Gasteiger partial charge is 0.465 e. The summed E-state index contributed by atoms with van der Waals surface area (Å²) >= 11 is 0. The topological polar surface area (TPSA) is 82.8 Å². The lowest BCUT2D eigenvalue weighted by molar-refractivity contribution is 0.276. The Labute approximate surface area is 119 Å². The van der Waals surface area contributed by atoms with Crippen LogP contribution >= 0.6 is 0 Å². The van der Waals surface area contributed by atoms with Gasteiger partial charge >= 0.3 is 0 Å². The van der Waals surface area contributed by atoms with Crippen LogP contribution in [0.2, 0.25) is 0 Å². The summed E-state index contributed by atoms with van der Waals surface area (Å²) in [5, 5.41) is 9.33. The van der Waals surface area contributed by atoms with Gasteiger partial charge in [-0.15, -0.1) is 0 Å². The van der Waals surface area contributed by atoms with Crippen molar-refractivity contribution in [2.75, 3.05) is 26.7 Å². The summed E-state index contributed by atoms with van der Waals surface area (Å²) in [6.45, 7) is 5.23. The van der Waals surface area contributed by atoms with Gasteiger partial charge in [-0.05, 0) is 39.8 Å². The van der Waals surface area contributed by atoms with E-state index in [1.807, 2.05) is 7.05 Å². The molecule has 0 radical (unpaired) electrons. The third-order valence-corrected chi connectivity index (χ3v) is 5.42. The molecule has 0 amide bonds. The molecular weight excluding hydrogens is 280 g/mol. The van der Waals surface area contributed by atoms with Crippen molar-refractivity contribution in [1.29, 1.82) is 0 Å². The summed E-state index contributed by atoms with van der Waals surface area (Å²) < 4.78 is 32.7. The van der Waals surface area contributed by atoms with Gasteiger partial charge in [0.05, 0.1) is 6.61 Å². The van der Waals surface area contributed by atoms with Crippen LogP contribution in [0.1, 0.15) is 23.5 Å². The quantitative estimate of drug-likeness (QED) is 0.833. The van der Waals surface area contributed by atoms with E-state index in [0.29, 0.717) is 29.5 Å². The van der Waals surface area contributed by atoms with E-state index >= 15 is 0 Å². The first-order valence-electron chi connectivity index (χ1n) is 6.73. The Morgan fingerprint density at radius 3 is 2.65 bits per heavy atom. The van der Waals surface area contributed by atoms with Gasteiger partial charge in [-0.25, -0.2) is 13.1 Å². The first kappa shape index (κ1) is 15.5. The lowest BCUT2D eigenvalue weighted by atomic mass is 10.1. The summed E-state index contributed by atoms with van der Waals surface area (Å²) in [7, 11) is -1.61. The standard InChI is InChI=1S/C13H22N2O4S/c1-9-12(8-16)13(10(2)19-9)20(17,18)14-6-11-4-5-15(3)7-11/h11,14,16H,4-8H2,1-3H3. The van der Waals surface area contributed by atoms with Crippen LogP contribution in [-0.4, -0.2) is 45.1 Å². The second kappa shape index (κ2) is 5.85. The monoisotopic (exact) mass is 302 g/mol. The van der Waals surface area contributed by atoms with Crippen molar-refractivity contribution in [3.63, 3.8) is 0 Å². The van der Waals surface area contributed by atoms with Crippen molar-refractivity contribution in [3.05, 3.63) is 17.1 Å². The number of rotatable bonds is 5. The van der Waals surface area contributed by atoms with Crippen LogP contribution in [0.25, 0.3) is 0 Å². The lowest BCUT2D eigenvalue weighted by Gasteiger charge is -2.12. The fourth-order valence-corrected chi connectivity index (χ4v) is 4.29. The number of sulfonamides is 1. The van der Waals surface area contributed by atoms with Gasteiger partial charge in [0, 0.05) is 18.7 Å². The van der Waals surface area contributed by atoms with Crippen LogP contribution in [-0.2, 0) is 16.6 Å². The molecule has 0 aromatic carbocycles. The van der Waals surface area contributed by atoms with E-state index in [9.17, 15) is 13.5 Å². The van der Waals surface area contributed by atoms with E-state index in [-0.39, 0.29) is 11.5 Å². The molecule has 6 nitrogen and oxygen atoms in total. The van der Waals surface area contributed by atoms with Crippen molar-refractivity contribution in [2.24, 2.45) is 5.92 Å². The molecule has 1 fully saturated rings. The Morgan fingerprint density at radius 1 is 1.40 bits per heavy atom. The summed E-state index contributed by atoms with van der Waals surface area (Å²) in [6.07, 6.45) is 0.995. The van der Waals surface area contributed by atoms with Crippen molar-refractivity contribution in [1.82, 2.24) is 9.62 Å². The number of furan rings is 1. The Bertz CT molecular complexity index is 579. The number of likely N-dealkylation sites (tertiary alicyclic amines) is 1. The second-order valence-electron chi connectivity index (χ2n) is 5.45. The number of aliphatic hydroxyl groups excluding tert-OH is 1. The molecule has 1 aromatic rings. The average Bonchev–Trinajstić information content (AvgIpc) is 2.90. The lowest BCUT2D eigenvalue weighted by Crippen LogP contribution is -2.31. The highest BCUT2D eigenvalue weighted by Gasteiger charge is 2.28. The van der Waals surface area contributed by atoms with Crippen LogP contribution in [0, 0.1) is 19.8 Å². The fourth-order valence-electron chi connectivity index (χ4n) is 2.74. The van der Waals surface area contributed by atoms with Crippen molar-refractivity contribution in [2.45, 2.75) is 31.8 Å². The minimum atomic E-state index is -3.64. The van der Waals surface area contributed by atoms with Gasteiger partial charge in [0.25, 0.3) is 0 Å². The molecule has 0 aliphatic carbocycles. The molecule has 1 saturated heterocycles. The Morgan fingerprint density at radius 2 is 2.10 bits per heavy atom. The average molecular weight is 302 g/mol. The van der Waals surface area contributed by atoms with Gasteiger partial charge in [0.2, 0.25) is 10.0 Å². The first-order valence-corrected chi connectivity index (χ1v) is 8.21. The molecular formula is C13H22N2O4S. The number of aliphatic hydroxyl groups is 1. The van der Waals surface area contributed by atoms with Crippen LogP contribution < -0.4 is 4.72 Å². The van der Waals surface area contributed by atoms with Gasteiger partial charge in [0.1, 0.15) is 16.4 Å². The van der Waals surface area contributed by atoms with Gasteiger partial charge in [0.15, 0.2) is 0 Å². The first-order chi connectivity index (χ1) is 9.35. The number of nitrogens with zero attached hydrogens (tertiary/aromatic N) is 1. The zero-order valence-corrected chi connectivity index (χ0v) is 13.0. The molecule has 7 heteroatoms. The smallest absolute Gasteiger partial charge is 0.244 e. The maximum absolute atomic E-state index is 12.4. The molecule has 1 aromatic heterocycles. The molecule has 114 valence electrons. The van der Waals surface area contributed by atoms with E-state index in [1.54, 1.807) is 13.8 Å². The van der Waals surface area contributed by atoms with Crippen molar-refractivity contribution in [3.8, 4) is 0 Å². The zero-order valence-electron chi connectivity index (χ0n) is 12.1. The molecule has 0 bridgehead atoms. The highest BCUT2D eigenvalue weighted by atomic mass is 32.2. The maximum atomic E-state index is 12.4. The second-order valence-corrected chi connectivity index (χ2v) is 7.15. The Kier molecular flexibility index (Phi) is 4.53. The Balaban J connectivity index is 2.14. The molecule has 0 spiro atoms. The van der Waals surface area contributed by atoms with Crippen molar-refractivity contribution < 1.29 is 17.9 Å². The van der Waals surface area contributed by atoms with Crippen LogP contribution in [0.4, 0.5) is 0 Å². The van der Waals surface area contributed by atoms with Gasteiger partial charge in [-0.1, -0.05) is 0 Å².